The zero-order chi connectivity index (χ0) is 16.2. The number of para-hydroxylation sites is 1. The van der Waals surface area contributed by atoms with E-state index >= 15 is 0 Å². The van der Waals surface area contributed by atoms with E-state index in [9.17, 15) is 13.2 Å². The lowest BCUT2D eigenvalue weighted by Crippen LogP contribution is -2.29. The third-order valence-corrected chi connectivity index (χ3v) is 3.99. The fraction of sp³-hybridized carbons (Fsp3) is 0.214. The largest absolute Gasteiger partial charge is 0.464 e. The fourth-order valence-corrected chi connectivity index (χ4v) is 2.66. The van der Waals surface area contributed by atoms with Gasteiger partial charge in [0.1, 0.15) is 0 Å². The van der Waals surface area contributed by atoms with E-state index in [1.165, 1.54) is 23.8 Å². The van der Waals surface area contributed by atoms with Crippen molar-refractivity contribution >= 4 is 21.7 Å². The van der Waals surface area contributed by atoms with Crippen LogP contribution in [0, 0.1) is 0 Å². The maximum absolute atomic E-state index is 12.0. The van der Waals surface area contributed by atoms with Gasteiger partial charge in [0.05, 0.1) is 43.7 Å². The van der Waals surface area contributed by atoms with Crippen molar-refractivity contribution in [2.45, 2.75) is 6.54 Å². The molecule has 0 N–H and O–H groups in total. The summed E-state index contributed by atoms with van der Waals surface area (Å²) in [6.07, 6.45) is 3.73. The summed E-state index contributed by atoms with van der Waals surface area (Å²) in [5.41, 5.74) is 1.02. The molecule has 0 aliphatic heterocycles. The number of aromatic nitrogens is 2. The molecule has 2 rings (SSSR count). The highest BCUT2D eigenvalue weighted by Gasteiger charge is 2.18. The summed E-state index contributed by atoms with van der Waals surface area (Å²) in [6, 6.07) is 8.68. The van der Waals surface area contributed by atoms with Crippen LogP contribution in [0.15, 0.2) is 42.7 Å². The van der Waals surface area contributed by atoms with Crippen molar-refractivity contribution in [3.8, 4) is 0 Å². The van der Waals surface area contributed by atoms with Gasteiger partial charge in [-0.25, -0.2) is 18.2 Å². The predicted octanol–water partition coefficient (Wildman–Crippen LogP) is 1.23. The molecule has 0 saturated carbocycles. The summed E-state index contributed by atoms with van der Waals surface area (Å²) in [5, 5.41) is 0. The Labute approximate surface area is 128 Å². The van der Waals surface area contributed by atoms with Crippen molar-refractivity contribution in [3.05, 3.63) is 54.1 Å². The lowest BCUT2D eigenvalue weighted by molar-refractivity contribution is 0.0593. The molecule has 0 fully saturated rings. The zero-order valence-electron chi connectivity index (χ0n) is 12.1. The smallest absolute Gasteiger partial charge is 0.358 e. The lowest BCUT2D eigenvalue weighted by Gasteiger charge is -2.21. The molecule has 0 amide bonds. The number of methoxy groups -OCH3 is 1. The van der Waals surface area contributed by atoms with Crippen molar-refractivity contribution in [1.82, 2.24) is 9.97 Å². The highest BCUT2D eigenvalue weighted by atomic mass is 32.2. The van der Waals surface area contributed by atoms with E-state index in [0.717, 1.165) is 6.26 Å². The second kappa shape index (κ2) is 6.52. The summed E-state index contributed by atoms with van der Waals surface area (Å²) in [6.45, 7) is 0.0251. The minimum atomic E-state index is -3.47. The quantitative estimate of drug-likeness (QED) is 0.770. The second-order valence-electron chi connectivity index (χ2n) is 4.49. The van der Waals surface area contributed by atoms with Crippen molar-refractivity contribution in [2.75, 3.05) is 17.7 Å². The summed E-state index contributed by atoms with van der Waals surface area (Å²) >= 11 is 0. The number of esters is 1. The van der Waals surface area contributed by atoms with Crippen molar-refractivity contribution < 1.29 is 17.9 Å². The monoisotopic (exact) mass is 321 g/mol. The topological polar surface area (TPSA) is 89.5 Å². The van der Waals surface area contributed by atoms with Crippen LogP contribution in [-0.2, 0) is 21.3 Å². The van der Waals surface area contributed by atoms with Gasteiger partial charge in [0.25, 0.3) is 0 Å². The predicted molar refractivity (Wildman–Crippen MR) is 80.8 cm³/mol. The molecule has 0 spiro atoms. The molecule has 22 heavy (non-hydrogen) atoms. The number of sulfonamides is 1. The molecule has 2 aromatic rings. The first-order valence-electron chi connectivity index (χ1n) is 6.34. The Morgan fingerprint density at radius 1 is 1.18 bits per heavy atom. The van der Waals surface area contributed by atoms with Crippen molar-refractivity contribution in [1.29, 1.82) is 0 Å². The molecular weight excluding hydrogens is 306 g/mol. The van der Waals surface area contributed by atoms with Gasteiger partial charge in [-0.05, 0) is 12.1 Å². The first-order valence-corrected chi connectivity index (χ1v) is 8.18. The van der Waals surface area contributed by atoms with Gasteiger partial charge in [0, 0.05) is 0 Å². The molecule has 0 bridgehead atoms. The molecule has 116 valence electrons. The molecule has 7 nitrogen and oxygen atoms in total. The van der Waals surface area contributed by atoms with Crippen LogP contribution in [0.2, 0.25) is 0 Å². The van der Waals surface area contributed by atoms with E-state index < -0.39 is 16.0 Å². The Hall–Kier alpha value is -2.48. The van der Waals surface area contributed by atoms with Crippen LogP contribution >= 0.6 is 0 Å². The van der Waals surface area contributed by atoms with Crippen LogP contribution in [0.3, 0.4) is 0 Å². The number of carbonyl (C=O) groups is 1. The number of benzene rings is 1. The number of carbonyl (C=O) groups excluding carboxylic acids is 1. The molecule has 0 unspecified atom stereocenters. The summed E-state index contributed by atoms with van der Waals surface area (Å²) < 4.78 is 29.7. The lowest BCUT2D eigenvalue weighted by atomic mass is 10.3. The Kier molecular flexibility index (Phi) is 4.71. The Bertz CT molecular complexity index is 745. The van der Waals surface area contributed by atoms with Crippen LogP contribution in [0.25, 0.3) is 0 Å². The van der Waals surface area contributed by atoms with Crippen molar-refractivity contribution in [2.24, 2.45) is 0 Å². The SMILES string of the molecule is COC(=O)c1cnc(CN(c2ccccc2)S(C)(=O)=O)cn1. The Morgan fingerprint density at radius 3 is 2.36 bits per heavy atom. The second-order valence-corrected chi connectivity index (χ2v) is 6.40. The van der Waals surface area contributed by atoms with E-state index in [2.05, 4.69) is 14.7 Å². The van der Waals surface area contributed by atoms with Crippen LogP contribution < -0.4 is 4.31 Å². The minimum absolute atomic E-state index is 0.0251. The van der Waals surface area contributed by atoms with Crippen LogP contribution in [-0.4, -0.2) is 37.7 Å². The summed E-state index contributed by atoms with van der Waals surface area (Å²) in [5.74, 6) is -0.595. The molecule has 1 aromatic carbocycles. The molecule has 0 saturated heterocycles. The first-order chi connectivity index (χ1) is 10.4. The standard InChI is InChI=1S/C14H15N3O4S/c1-21-14(18)13-9-15-11(8-16-13)10-17(22(2,19)20)12-6-4-3-5-7-12/h3-9H,10H2,1-2H3. The normalized spacial score (nSPS) is 11.0. The zero-order valence-corrected chi connectivity index (χ0v) is 12.9. The first kappa shape index (κ1) is 15.9. The van der Waals surface area contributed by atoms with E-state index in [1.54, 1.807) is 30.3 Å². The average molecular weight is 321 g/mol. The molecule has 0 atom stereocenters. The van der Waals surface area contributed by atoms with Crippen LogP contribution in [0.1, 0.15) is 16.2 Å². The highest BCUT2D eigenvalue weighted by molar-refractivity contribution is 7.92. The molecule has 1 aromatic heterocycles. The number of hydrogen-bond donors (Lipinski definition) is 0. The summed E-state index contributed by atoms with van der Waals surface area (Å²) in [7, 11) is -2.22. The van der Waals surface area contributed by atoms with Crippen LogP contribution in [0.5, 0.6) is 0 Å². The highest BCUT2D eigenvalue weighted by Crippen LogP contribution is 2.19. The number of ether oxygens (including phenoxy) is 1. The van der Waals surface area contributed by atoms with Gasteiger partial charge in [-0.2, -0.15) is 0 Å². The maximum Gasteiger partial charge on any atom is 0.358 e. The summed E-state index contributed by atoms with van der Waals surface area (Å²) in [4.78, 5) is 19.3. The average Bonchev–Trinajstić information content (AvgIpc) is 2.52. The van der Waals surface area contributed by atoms with Gasteiger partial charge in [-0.15, -0.1) is 0 Å². The van der Waals surface area contributed by atoms with Gasteiger partial charge in [-0.3, -0.25) is 9.29 Å². The molecule has 1 heterocycles. The third-order valence-electron chi connectivity index (χ3n) is 2.85. The van der Waals surface area contributed by atoms with E-state index in [-0.39, 0.29) is 12.2 Å². The number of nitrogens with zero attached hydrogens (tertiary/aromatic N) is 3. The Balaban J connectivity index is 2.27. The molecule has 8 heteroatoms. The molecule has 0 aliphatic rings. The van der Waals surface area contributed by atoms with Crippen LogP contribution in [0.4, 0.5) is 5.69 Å². The third kappa shape index (κ3) is 3.79. The fourth-order valence-electron chi connectivity index (χ4n) is 1.79. The van der Waals surface area contributed by atoms with Gasteiger partial charge in [0.2, 0.25) is 10.0 Å². The number of rotatable bonds is 5. The van der Waals surface area contributed by atoms with Gasteiger partial charge < -0.3 is 4.74 Å². The number of hydrogen-bond acceptors (Lipinski definition) is 6. The maximum atomic E-state index is 12.0. The van der Waals surface area contributed by atoms with Crippen molar-refractivity contribution in [3.63, 3.8) is 0 Å². The van der Waals surface area contributed by atoms with E-state index in [0.29, 0.717) is 11.4 Å². The number of anilines is 1. The molecular formula is C14H15N3O4S. The van der Waals surface area contributed by atoms with Gasteiger partial charge >= 0.3 is 5.97 Å². The van der Waals surface area contributed by atoms with Gasteiger partial charge in [-0.1, -0.05) is 18.2 Å². The van der Waals surface area contributed by atoms with E-state index in [1.807, 2.05) is 0 Å². The Morgan fingerprint density at radius 2 is 1.86 bits per heavy atom. The van der Waals surface area contributed by atoms with Gasteiger partial charge in [0.15, 0.2) is 5.69 Å². The van der Waals surface area contributed by atoms with E-state index in [4.69, 9.17) is 0 Å². The minimum Gasteiger partial charge on any atom is -0.464 e. The molecule has 0 radical (unpaired) electrons. The molecule has 0 aliphatic carbocycles.